The number of aliphatic hydroxyl groups is 1. The Kier molecular flexibility index (Phi) is 6.64. The Balaban J connectivity index is 1.66. The average molecular weight is 291 g/mol. The largest absolute Gasteiger partial charge is 0.390 e. The number of benzene rings is 1. The van der Waals surface area contributed by atoms with Crippen LogP contribution in [0.25, 0.3) is 0 Å². The minimum Gasteiger partial charge on any atom is -0.390 e. The maximum Gasteiger partial charge on any atom is 0.0791 e. The Morgan fingerprint density at radius 1 is 1.05 bits per heavy atom. The first-order valence-corrected chi connectivity index (χ1v) is 8.03. The molecule has 1 unspecified atom stereocenters. The van der Waals surface area contributed by atoms with E-state index in [4.69, 9.17) is 0 Å². The van der Waals surface area contributed by atoms with Crippen molar-refractivity contribution in [2.24, 2.45) is 0 Å². The fourth-order valence-electron chi connectivity index (χ4n) is 2.71. The Hall–Kier alpha value is -0.940. The minimum atomic E-state index is -0.270. The van der Waals surface area contributed by atoms with E-state index in [0.29, 0.717) is 12.6 Å². The predicted molar refractivity (Wildman–Crippen MR) is 87.3 cm³/mol. The van der Waals surface area contributed by atoms with Gasteiger partial charge in [0.05, 0.1) is 6.10 Å². The fourth-order valence-corrected chi connectivity index (χ4v) is 2.71. The van der Waals surface area contributed by atoms with Crippen molar-refractivity contribution in [2.45, 2.75) is 32.5 Å². The van der Waals surface area contributed by atoms with Crippen molar-refractivity contribution in [1.82, 2.24) is 15.1 Å². The third-order valence-electron chi connectivity index (χ3n) is 3.94. The zero-order valence-corrected chi connectivity index (χ0v) is 13.3. The van der Waals surface area contributed by atoms with E-state index in [1.54, 1.807) is 0 Å². The van der Waals surface area contributed by atoms with Gasteiger partial charge in [-0.15, -0.1) is 0 Å². The molecule has 0 bridgehead atoms. The van der Waals surface area contributed by atoms with E-state index >= 15 is 0 Å². The van der Waals surface area contributed by atoms with E-state index < -0.39 is 0 Å². The summed E-state index contributed by atoms with van der Waals surface area (Å²) in [7, 11) is 0. The summed E-state index contributed by atoms with van der Waals surface area (Å²) in [6, 6.07) is 11.1. The fraction of sp³-hybridized carbons (Fsp3) is 0.647. The highest BCUT2D eigenvalue weighted by Crippen LogP contribution is 2.08. The number of nitrogens with one attached hydrogen (secondary N) is 1. The van der Waals surface area contributed by atoms with Crippen molar-refractivity contribution in [3.8, 4) is 0 Å². The van der Waals surface area contributed by atoms with Crippen LogP contribution in [0.3, 0.4) is 0 Å². The summed E-state index contributed by atoms with van der Waals surface area (Å²) < 4.78 is 0. The Labute approximate surface area is 128 Å². The summed E-state index contributed by atoms with van der Waals surface area (Å²) in [6.07, 6.45) is -0.270. The van der Waals surface area contributed by atoms with E-state index in [1.165, 1.54) is 5.56 Å². The molecular weight excluding hydrogens is 262 g/mol. The molecule has 1 saturated heterocycles. The highest BCUT2D eigenvalue weighted by Gasteiger charge is 2.19. The summed E-state index contributed by atoms with van der Waals surface area (Å²) in [4.78, 5) is 4.86. The molecule has 0 radical (unpaired) electrons. The second-order valence-electron chi connectivity index (χ2n) is 6.28. The van der Waals surface area contributed by atoms with Gasteiger partial charge in [0.15, 0.2) is 0 Å². The lowest BCUT2D eigenvalue weighted by Gasteiger charge is -2.35. The van der Waals surface area contributed by atoms with Crippen LogP contribution in [0.1, 0.15) is 19.4 Å². The van der Waals surface area contributed by atoms with Gasteiger partial charge >= 0.3 is 0 Å². The molecule has 118 valence electrons. The van der Waals surface area contributed by atoms with E-state index in [1.807, 2.05) is 0 Å². The minimum absolute atomic E-state index is 0.270. The number of nitrogens with zero attached hydrogens (tertiary/aromatic N) is 2. The Bertz CT molecular complexity index is 388. The predicted octanol–water partition coefficient (Wildman–Crippen LogP) is 1.16. The van der Waals surface area contributed by atoms with Crippen LogP contribution in [0.2, 0.25) is 0 Å². The summed E-state index contributed by atoms with van der Waals surface area (Å²) in [5, 5.41) is 13.3. The Morgan fingerprint density at radius 3 is 2.29 bits per heavy atom. The number of piperazine rings is 1. The molecule has 1 aliphatic heterocycles. The van der Waals surface area contributed by atoms with Crippen molar-refractivity contribution in [2.75, 3.05) is 39.3 Å². The summed E-state index contributed by atoms with van der Waals surface area (Å²) >= 11 is 0. The highest BCUT2D eigenvalue weighted by molar-refractivity contribution is 5.14. The summed E-state index contributed by atoms with van der Waals surface area (Å²) in [5.41, 5.74) is 1.38. The first kappa shape index (κ1) is 16.4. The quantitative estimate of drug-likeness (QED) is 0.791. The number of aliphatic hydroxyl groups excluding tert-OH is 1. The monoisotopic (exact) mass is 291 g/mol. The first-order valence-electron chi connectivity index (χ1n) is 8.03. The molecule has 0 amide bonds. The van der Waals surface area contributed by atoms with Gasteiger partial charge in [-0.2, -0.15) is 0 Å². The summed E-state index contributed by atoms with van der Waals surface area (Å²) in [5.74, 6) is 0. The van der Waals surface area contributed by atoms with Crippen LogP contribution in [0.4, 0.5) is 0 Å². The van der Waals surface area contributed by atoms with Gasteiger partial charge in [-0.1, -0.05) is 44.2 Å². The van der Waals surface area contributed by atoms with Gasteiger partial charge in [-0.25, -0.2) is 0 Å². The van der Waals surface area contributed by atoms with E-state index in [9.17, 15) is 5.11 Å². The summed E-state index contributed by atoms with van der Waals surface area (Å²) in [6.45, 7) is 11.0. The van der Waals surface area contributed by atoms with Gasteiger partial charge < -0.3 is 10.4 Å². The lowest BCUT2D eigenvalue weighted by Crippen LogP contribution is -2.49. The average Bonchev–Trinajstić information content (AvgIpc) is 2.48. The molecule has 1 atom stereocenters. The highest BCUT2D eigenvalue weighted by atomic mass is 16.3. The van der Waals surface area contributed by atoms with Crippen molar-refractivity contribution >= 4 is 0 Å². The number of β-amino-alcohol motifs (C(OH)–C–C–N with tert-alkyl or cyclic N) is 1. The van der Waals surface area contributed by atoms with Gasteiger partial charge in [0, 0.05) is 51.9 Å². The lowest BCUT2D eigenvalue weighted by molar-refractivity contribution is 0.0692. The van der Waals surface area contributed by atoms with Crippen LogP contribution in [0, 0.1) is 0 Å². The Morgan fingerprint density at radius 2 is 1.67 bits per heavy atom. The molecular formula is C17H29N3O. The number of rotatable bonds is 7. The topological polar surface area (TPSA) is 38.7 Å². The molecule has 1 aliphatic rings. The normalized spacial score (nSPS) is 19.0. The SMILES string of the molecule is CC(C)NCC(O)CN1CCN(Cc2ccccc2)CC1. The van der Waals surface area contributed by atoms with Crippen molar-refractivity contribution < 1.29 is 5.11 Å². The van der Waals surface area contributed by atoms with E-state index in [0.717, 1.165) is 39.3 Å². The molecule has 0 saturated carbocycles. The van der Waals surface area contributed by atoms with E-state index in [2.05, 4.69) is 59.3 Å². The van der Waals surface area contributed by atoms with Gasteiger partial charge in [-0.3, -0.25) is 9.80 Å². The molecule has 21 heavy (non-hydrogen) atoms. The van der Waals surface area contributed by atoms with Crippen molar-refractivity contribution in [3.63, 3.8) is 0 Å². The zero-order chi connectivity index (χ0) is 15.1. The van der Waals surface area contributed by atoms with Crippen LogP contribution in [0.15, 0.2) is 30.3 Å². The molecule has 2 N–H and O–H groups in total. The second-order valence-corrected chi connectivity index (χ2v) is 6.28. The van der Waals surface area contributed by atoms with Crippen LogP contribution in [-0.2, 0) is 6.54 Å². The van der Waals surface area contributed by atoms with Gasteiger partial charge in [0.25, 0.3) is 0 Å². The van der Waals surface area contributed by atoms with Gasteiger partial charge in [0.1, 0.15) is 0 Å². The first-order chi connectivity index (χ1) is 10.1. The molecule has 1 aromatic rings. The third kappa shape index (κ3) is 6.14. The molecule has 1 aromatic carbocycles. The van der Waals surface area contributed by atoms with Gasteiger partial charge in [0.2, 0.25) is 0 Å². The smallest absolute Gasteiger partial charge is 0.0791 e. The van der Waals surface area contributed by atoms with Crippen LogP contribution >= 0.6 is 0 Å². The van der Waals surface area contributed by atoms with Crippen molar-refractivity contribution in [1.29, 1.82) is 0 Å². The van der Waals surface area contributed by atoms with E-state index in [-0.39, 0.29) is 6.10 Å². The van der Waals surface area contributed by atoms with Crippen LogP contribution < -0.4 is 5.32 Å². The third-order valence-corrected chi connectivity index (χ3v) is 3.94. The molecule has 1 fully saturated rings. The second kappa shape index (κ2) is 8.49. The maximum absolute atomic E-state index is 10.0. The molecule has 0 spiro atoms. The molecule has 4 heteroatoms. The molecule has 0 aromatic heterocycles. The van der Waals surface area contributed by atoms with Crippen molar-refractivity contribution in [3.05, 3.63) is 35.9 Å². The maximum atomic E-state index is 10.0. The molecule has 0 aliphatic carbocycles. The number of hydrogen-bond donors (Lipinski definition) is 2. The zero-order valence-electron chi connectivity index (χ0n) is 13.3. The molecule has 2 rings (SSSR count). The number of hydrogen-bond acceptors (Lipinski definition) is 4. The lowest BCUT2D eigenvalue weighted by atomic mass is 10.2. The van der Waals surface area contributed by atoms with Gasteiger partial charge in [-0.05, 0) is 5.56 Å². The van der Waals surface area contributed by atoms with Crippen LogP contribution in [0.5, 0.6) is 0 Å². The molecule has 1 heterocycles. The standard InChI is InChI=1S/C17H29N3O/c1-15(2)18-12-17(21)14-20-10-8-19(9-11-20)13-16-6-4-3-5-7-16/h3-7,15,17-18,21H,8-14H2,1-2H3. The van der Waals surface area contributed by atoms with Crippen LogP contribution in [-0.4, -0.2) is 66.3 Å². The molecule has 4 nitrogen and oxygen atoms in total.